The van der Waals surface area contributed by atoms with Crippen LogP contribution in [0.5, 0.6) is 0 Å². The van der Waals surface area contributed by atoms with Gasteiger partial charge in [-0.1, -0.05) is 58.6 Å². The van der Waals surface area contributed by atoms with Gasteiger partial charge in [0.15, 0.2) is 0 Å². The number of nitrogens with zero attached hydrogens (tertiary/aromatic N) is 1. The normalized spacial score (nSPS) is 48.0. The van der Waals surface area contributed by atoms with Crippen LogP contribution in [0, 0.1) is 51.8 Å². The summed E-state index contributed by atoms with van der Waals surface area (Å²) in [5, 5.41) is 11.4. The maximum atomic E-state index is 13.9. The lowest BCUT2D eigenvalue weighted by Gasteiger charge is -2.60. The number of piperidine rings is 1. The molecule has 0 spiro atoms. The van der Waals surface area contributed by atoms with Crippen molar-refractivity contribution >= 4 is 12.3 Å². The lowest BCUT2D eigenvalue weighted by molar-refractivity contribution is -0.197. The number of carboxylic acids is 1. The van der Waals surface area contributed by atoms with Gasteiger partial charge in [-0.05, 0) is 87.0 Å². The van der Waals surface area contributed by atoms with Gasteiger partial charge in [0.1, 0.15) is 11.7 Å². The van der Waals surface area contributed by atoms with E-state index < -0.39 is 22.2 Å². The predicted octanol–water partition coefficient (Wildman–Crippen LogP) is 5.99. The summed E-state index contributed by atoms with van der Waals surface area (Å²) in [4.78, 5) is 29.9. The Hall–Kier alpha value is -1.24. The summed E-state index contributed by atoms with van der Waals surface area (Å²) in [5.41, 5.74) is -1.47. The van der Waals surface area contributed by atoms with Gasteiger partial charge < -0.3 is 19.4 Å². The number of carboxylic acid groups (broad SMARTS) is 1. The molecule has 6 heteroatoms. The molecule has 2 saturated heterocycles. The van der Waals surface area contributed by atoms with Crippen molar-refractivity contribution in [3.63, 3.8) is 0 Å². The molecule has 0 radical (unpaired) electrons. The SMILES string of the molecule is CCCCC1CC(C23C[C@@H]4[C@H](C)CC[C@H]4C4(C=O)CC2C=C(C(C)C)C34C(=O)O)OC1CN1CCCC(OC)C1. The highest BCUT2D eigenvalue weighted by Crippen LogP contribution is 2.84. The summed E-state index contributed by atoms with van der Waals surface area (Å²) < 4.78 is 13.0. The first-order valence-electron chi connectivity index (χ1n) is 16.5. The van der Waals surface area contributed by atoms with Crippen LogP contribution in [0.15, 0.2) is 11.6 Å². The Kier molecular flexibility index (Phi) is 7.56. The van der Waals surface area contributed by atoms with Crippen LogP contribution >= 0.6 is 0 Å². The zero-order chi connectivity index (χ0) is 28.4. The number of carbonyl (C=O) groups excluding carboxylic acids is 1. The van der Waals surface area contributed by atoms with E-state index in [4.69, 9.17) is 9.47 Å². The highest BCUT2D eigenvalue weighted by molar-refractivity contribution is 5.90. The van der Waals surface area contributed by atoms with Gasteiger partial charge in [0, 0.05) is 25.6 Å². The third-order valence-electron chi connectivity index (χ3n) is 13.1. The Morgan fingerprint density at radius 3 is 2.75 bits per heavy atom. The number of methoxy groups -OCH3 is 1. The van der Waals surface area contributed by atoms with Crippen molar-refractivity contribution in [2.45, 2.75) is 110 Å². The van der Waals surface area contributed by atoms with Gasteiger partial charge in [-0.2, -0.15) is 0 Å². The molecule has 3 saturated carbocycles. The molecule has 6 rings (SSSR count). The molecular weight excluding hydrogens is 502 g/mol. The summed E-state index contributed by atoms with van der Waals surface area (Å²) in [6.07, 6.45) is 14.1. The molecule has 1 N–H and O–H groups in total. The molecule has 0 amide bonds. The van der Waals surface area contributed by atoms with E-state index in [2.05, 4.69) is 38.7 Å². The molecule has 6 nitrogen and oxygen atoms in total. The lowest BCUT2D eigenvalue weighted by atomic mass is 9.41. The fourth-order valence-corrected chi connectivity index (χ4v) is 11.6. The van der Waals surface area contributed by atoms with Gasteiger partial charge in [0.2, 0.25) is 0 Å². The van der Waals surface area contributed by atoms with Gasteiger partial charge in [0.25, 0.3) is 0 Å². The summed E-state index contributed by atoms with van der Waals surface area (Å²) in [5.74, 6) is 0.985. The van der Waals surface area contributed by atoms with Crippen LogP contribution in [-0.2, 0) is 19.1 Å². The first kappa shape index (κ1) is 28.9. The minimum atomic E-state index is -1.15. The third-order valence-corrected chi connectivity index (χ3v) is 13.1. The van der Waals surface area contributed by atoms with E-state index in [0.717, 1.165) is 82.9 Å². The minimum absolute atomic E-state index is 0.0999. The quantitative estimate of drug-likeness (QED) is 0.264. The van der Waals surface area contributed by atoms with Crippen molar-refractivity contribution in [1.82, 2.24) is 4.90 Å². The lowest BCUT2D eigenvalue weighted by Crippen LogP contribution is -2.65. The second-order valence-electron chi connectivity index (χ2n) is 14.9. The Morgan fingerprint density at radius 2 is 2.08 bits per heavy atom. The van der Waals surface area contributed by atoms with E-state index in [1.165, 1.54) is 6.42 Å². The Labute approximate surface area is 241 Å². The number of aliphatic carboxylic acids is 1. The van der Waals surface area contributed by atoms with E-state index in [1.807, 2.05) is 7.11 Å². The maximum Gasteiger partial charge on any atom is 0.315 e. The van der Waals surface area contributed by atoms with E-state index in [0.29, 0.717) is 24.2 Å². The van der Waals surface area contributed by atoms with Crippen molar-refractivity contribution in [2.75, 3.05) is 26.7 Å². The fourth-order valence-electron chi connectivity index (χ4n) is 11.6. The van der Waals surface area contributed by atoms with Crippen molar-refractivity contribution in [3.05, 3.63) is 11.6 Å². The average Bonchev–Trinajstić information content (AvgIpc) is 3.65. The van der Waals surface area contributed by atoms with Gasteiger partial charge in [0.05, 0.1) is 23.7 Å². The number of ether oxygens (including phenoxy) is 2. The number of carbonyl (C=O) groups is 2. The largest absolute Gasteiger partial charge is 0.481 e. The minimum Gasteiger partial charge on any atom is -0.481 e. The maximum absolute atomic E-state index is 13.9. The smallest absolute Gasteiger partial charge is 0.315 e. The average molecular weight is 556 g/mol. The van der Waals surface area contributed by atoms with E-state index in [9.17, 15) is 14.7 Å². The van der Waals surface area contributed by atoms with Crippen LogP contribution in [0.3, 0.4) is 0 Å². The van der Waals surface area contributed by atoms with Crippen LogP contribution in [-0.4, -0.2) is 67.3 Å². The number of aldehydes is 1. The van der Waals surface area contributed by atoms with Crippen molar-refractivity contribution in [2.24, 2.45) is 51.8 Å². The van der Waals surface area contributed by atoms with Crippen LogP contribution in [0.1, 0.15) is 91.9 Å². The molecular formula is C34H53NO5. The fraction of sp³-hybridized carbons (Fsp3) is 0.882. The molecule has 4 aliphatic carbocycles. The second kappa shape index (κ2) is 10.5. The van der Waals surface area contributed by atoms with Crippen LogP contribution in [0.25, 0.3) is 0 Å². The monoisotopic (exact) mass is 555 g/mol. The molecule has 8 unspecified atom stereocenters. The Balaban J connectivity index is 1.41. The molecule has 5 fully saturated rings. The first-order valence-corrected chi connectivity index (χ1v) is 16.5. The van der Waals surface area contributed by atoms with Gasteiger partial charge >= 0.3 is 5.97 Å². The summed E-state index contributed by atoms with van der Waals surface area (Å²) in [7, 11) is 1.82. The number of rotatable bonds is 10. The zero-order valence-electron chi connectivity index (χ0n) is 25.6. The van der Waals surface area contributed by atoms with Crippen molar-refractivity contribution in [1.29, 1.82) is 0 Å². The Bertz CT molecular complexity index is 1030. The predicted molar refractivity (Wildman–Crippen MR) is 155 cm³/mol. The van der Waals surface area contributed by atoms with E-state index in [1.54, 1.807) is 0 Å². The number of allylic oxidation sites excluding steroid dienone is 1. The number of likely N-dealkylation sites (tertiary alicyclic amines) is 1. The molecule has 2 aliphatic heterocycles. The molecule has 6 aliphatic rings. The van der Waals surface area contributed by atoms with Gasteiger partial charge in [-0.25, -0.2) is 0 Å². The zero-order valence-corrected chi connectivity index (χ0v) is 25.6. The number of fused-ring (bicyclic) bond motifs is 2. The van der Waals surface area contributed by atoms with Gasteiger partial charge in [-0.3, -0.25) is 9.69 Å². The van der Waals surface area contributed by atoms with Crippen molar-refractivity contribution < 1.29 is 24.2 Å². The molecule has 40 heavy (non-hydrogen) atoms. The number of unbranched alkanes of at least 4 members (excludes halogenated alkanes) is 1. The third kappa shape index (κ3) is 3.70. The highest BCUT2D eigenvalue weighted by Gasteiger charge is 2.86. The van der Waals surface area contributed by atoms with E-state index >= 15 is 0 Å². The molecule has 11 atom stereocenters. The van der Waals surface area contributed by atoms with Crippen LogP contribution in [0.4, 0.5) is 0 Å². The topological polar surface area (TPSA) is 76.1 Å². The number of hydrogen-bond acceptors (Lipinski definition) is 5. The molecule has 224 valence electrons. The summed E-state index contributed by atoms with van der Waals surface area (Å²) in [6, 6.07) is 0. The number of hydrogen-bond donors (Lipinski definition) is 1. The van der Waals surface area contributed by atoms with E-state index in [-0.39, 0.29) is 36.1 Å². The standard InChI is InChI=1S/C34H53NO5/c1-6-7-9-23-14-30(40-29(23)19-35-13-8-10-25(18-35)39-5)33-17-26-22(4)11-12-27(26)32(20-36)16-24(33)15-28(21(2)3)34(32,33)31(37)38/h15,20-27,29-30H,6-14,16-19H2,1-5H3,(H,37,38)/t22-,23?,24?,25?,26-,27-,29?,30?,32?,33?,34?/m1/s1. The Morgan fingerprint density at radius 1 is 1.27 bits per heavy atom. The second-order valence-corrected chi connectivity index (χ2v) is 14.9. The summed E-state index contributed by atoms with van der Waals surface area (Å²) >= 11 is 0. The molecule has 0 aromatic carbocycles. The molecule has 0 aromatic heterocycles. The molecule has 0 aromatic rings. The highest BCUT2D eigenvalue weighted by atomic mass is 16.5. The van der Waals surface area contributed by atoms with Gasteiger partial charge in [-0.15, -0.1) is 0 Å². The van der Waals surface area contributed by atoms with Crippen LogP contribution in [0.2, 0.25) is 0 Å². The first-order chi connectivity index (χ1) is 19.2. The van der Waals surface area contributed by atoms with Crippen molar-refractivity contribution in [3.8, 4) is 0 Å². The molecule has 2 heterocycles. The van der Waals surface area contributed by atoms with Crippen LogP contribution < -0.4 is 0 Å². The molecule has 4 bridgehead atoms. The summed E-state index contributed by atoms with van der Waals surface area (Å²) in [6.45, 7) is 11.8.